The van der Waals surface area contributed by atoms with Crippen LogP contribution in [0.2, 0.25) is 0 Å². The number of para-hydroxylation sites is 1. The van der Waals surface area contributed by atoms with Crippen molar-refractivity contribution in [3.63, 3.8) is 0 Å². The number of nitrogens with zero attached hydrogens (tertiary/aromatic N) is 1. The highest BCUT2D eigenvalue weighted by Crippen LogP contribution is 2.51. The number of hydrogen-bond acceptors (Lipinski definition) is 4. The number of anilines is 1. The lowest BCUT2D eigenvalue weighted by atomic mass is 9.90. The van der Waals surface area contributed by atoms with E-state index in [1.807, 2.05) is 30.3 Å². The molecule has 2 fully saturated rings. The second kappa shape index (κ2) is 4.19. The summed E-state index contributed by atoms with van der Waals surface area (Å²) in [6.07, 6.45) is 5.22. The number of benzene rings is 1. The molecule has 1 saturated carbocycles. The molecule has 0 amide bonds. The Kier molecular flexibility index (Phi) is 2.54. The molecule has 4 nitrogen and oxygen atoms in total. The Morgan fingerprint density at radius 2 is 1.85 bits per heavy atom. The van der Waals surface area contributed by atoms with E-state index in [-0.39, 0.29) is 22.8 Å². The molecule has 1 N–H and O–H groups in total. The fourth-order valence-corrected chi connectivity index (χ4v) is 6.26. The molecule has 1 heterocycles. The summed E-state index contributed by atoms with van der Waals surface area (Å²) in [5.74, 6) is 0.765. The lowest BCUT2D eigenvalue weighted by Crippen LogP contribution is -2.28. The second-order valence-corrected chi connectivity index (χ2v) is 7.99. The third-order valence-electron chi connectivity index (χ3n) is 4.64. The first-order valence-electron chi connectivity index (χ1n) is 6.92. The van der Waals surface area contributed by atoms with Crippen LogP contribution in [0, 0.1) is 17.8 Å². The maximum atomic E-state index is 12.3. The van der Waals surface area contributed by atoms with Crippen molar-refractivity contribution in [2.75, 3.05) is 11.2 Å². The van der Waals surface area contributed by atoms with E-state index < -0.39 is 9.84 Å². The Balaban J connectivity index is 1.65. The van der Waals surface area contributed by atoms with Crippen molar-refractivity contribution < 1.29 is 8.42 Å². The van der Waals surface area contributed by atoms with Gasteiger partial charge in [0, 0.05) is 5.92 Å². The summed E-state index contributed by atoms with van der Waals surface area (Å²) in [7, 11) is -3.03. The molecule has 4 rings (SSSR count). The number of sulfone groups is 1. The second-order valence-electron chi connectivity index (χ2n) is 5.83. The fraction of sp³-hybridized carbons (Fsp3) is 0.400. The van der Waals surface area contributed by atoms with Gasteiger partial charge in [-0.05, 0) is 30.4 Å². The van der Waals surface area contributed by atoms with Crippen LogP contribution in [-0.4, -0.2) is 25.1 Å². The highest BCUT2D eigenvalue weighted by Gasteiger charge is 2.57. The topological polar surface area (TPSA) is 58.5 Å². The fourth-order valence-electron chi connectivity index (χ4n) is 3.86. The molecular formula is C15H16N2O2S. The normalized spacial score (nSPS) is 38.3. The van der Waals surface area contributed by atoms with Crippen molar-refractivity contribution >= 4 is 21.2 Å². The van der Waals surface area contributed by atoms with Crippen molar-refractivity contribution in [1.29, 1.82) is 0 Å². The smallest absolute Gasteiger partial charge is 0.159 e. The largest absolute Gasteiger partial charge is 0.279 e. The number of hydrazone groups is 1. The number of nitrogens with one attached hydrogen (secondary N) is 1. The van der Waals surface area contributed by atoms with E-state index in [0.717, 1.165) is 17.8 Å². The lowest BCUT2D eigenvalue weighted by Gasteiger charge is -2.18. The molecule has 104 valence electrons. The van der Waals surface area contributed by atoms with Crippen LogP contribution < -0.4 is 5.43 Å². The quantitative estimate of drug-likeness (QED) is 0.669. The average Bonchev–Trinajstić information content (AvgIpc) is 3.10. The Labute approximate surface area is 118 Å². The van der Waals surface area contributed by atoms with Crippen LogP contribution in [0.4, 0.5) is 5.69 Å². The van der Waals surface area contributed by atoms with Crippen molar-refractivity contribution in [3.8, 4) is 0 Å². The molecule has 20 heavy (non-hydrogen) atoms. The van der Waals surface area contributed by atoms with Gasteiger partial charge in [0.1, 0.15) is 0 Å². The Bertz CT molecular complexity index is 694. The summed E-state index contributed by atoms with van der Waals surface area (Å²) >= 11 is 0. The van der Waals surface area contributed by atoms with Crippen LogP contribution in [0.1, 0.15) is 6.42 Å². The summed E-state index contributed by atoms with van der Waals surface area (Å²) in [6.45, 7) is 0. The first-order valence-corrected chi connectivity index (χ1v) is 8.64. The van der Waals surface area contributed by atoms with Gasteiger partial charge in [-0.3, -0.25) is 5.43 Å². The van der Waals surface area contributed by atoms with Gasteiger partial charge in [0.15, 0.2) is 9.84 Å². The molecule has 1 saturated heterocycles. The third kappa shape index (κ3) is 1.73. The molecule has 0 unspecified atom stereocenters. The van der Waals surface area contributed by atoms with Crippen LogP contribution in [-0.2, 0) is 9.84 Å². The molecule has 0 spiro atoms. The van der Waals surface area contributed by atoms with E-state index in [1.54, 1.807) is 0 Å². The zero-order valence-corrected chi connectivity index (χ0v) is 11.8. The Morgan fingerprint density at radius 1 is 1.10 bits per heavy atom. The molecule has 1 aliphatic heterocycles. The summed E-state index contributed by atoms with van der Waals surface area (Å²) in [4.78, 5) is 0. The van der Waals surface area contributed by atoms with Crippen molar-refractivity contribution in [3.05, 3.63) is 42.5 Å². The Hall–Kier alpha value is -1.62. The molecule has 0 radical (unpaired) electrons. The monoisotopic (exact) mass is 288 g/mol. The third-order valence-corrected chi connectivity index (χ3v) is 6.81. The van der Waals surface area contributed by atoms with E-state index >= 15 is 0 Å². The molecule has 0 aromatic heterocycles. The molecule has 3 aliphatic rings. The van der Waals surface area contributed by atoms with E-state index in [9.17, 15) is 8.42 Å². The van der Waals surface area contributed by atoms with Gasteiger partial charge in [-0.1, -0.05) is 30.4 Å². The van der Waals surface area contributed by atoms with E-state index in [1.165, 1.54) is 0 Å². The first kappa shape index (κ1) is 12.1. The SMILES string of the molecule is O=S1(=O)C/C(=N/Nc2ccccc2)[C@H]2[C@H]1[C@H]1C=C[C@H]2C1. The van der Waals surface area contributed by atoms with Gasteiger partial charge in [0.25, 0.3) is 0 Å². The van der Waals surface area contributed by atoms with Gasteiger partial charge in [0.05, 0.1) is 22.4 Å². The van der Waals surface area contributed by atoms with Crippen molar-refractivity contribution in [1.82, 2.24) is 0 Å². The lowest BCUT2D eigenvalue weighted by molar-refractivity contribution is 0.551. The maximum absolute atomic E-state index is 12.3. The van der Waals surface area contributed by atoms with Crippen LogP contribution >= 0.6 is 0 Å². The van der Waals surface area contributed by atoms with Gasteiger partial charge in [0.2, 0.25) is 0 Å². The van der Waals surface area contributed by atoms with Crippen molar-refractivity contribution in [2.45, 2.75) is 11.7 Å². The minimum atomic E-state index is -3.03. The molecule has 2 bridgehead atoms. The van der Waals surface area contributed by atoms with Gasteiger partial charge < -0.3 is 0 Å². The molecule has 2 aliphatic carbocycles. The molecular weight excluding hydrogens is 272 g/mol. The van der Waals surface area contributed by atoms with Crippen LogP contribution in [0.3, 0.4) is 0 Å². The molecule has 1 aromatic rings. The number of fused-ring (bicyclic) bond motifs is 5. The highest BCUT2D eigenvalue weighted by atomic mass is 32.2. The van der Waals surface area contributed by atoms with Gasteiger partial charge in [-0.2, -0.15) is 5.10 Å². The molecule has 1 aromatic carbocycles. The van der Waals surface area contributed by atoms with Gasteiger partial charge in [-0.15, -0.1) is 0 Å². The van der Waals surface area contributed by atoms with Gasteiger partial charge >= 0.3 is 0 Å². The predicted octanol–water partition coefficient (Wildman–Crippen LogP) is 2.07. The standard InChI is InChI=1S/C15H16N2O2S/c18-20(19)9-13(17-16-12-4-2-1-3-5-12)14-10-6-7-11(8-10)15(14)20/h1-7,10-11,14-16H,8-9H2/b17-13-/t10-,11-,14-,15+/m0/s1. The zero-order valence-electron chi connectivity index (χ0n) is 10.9. The van der Waals surface area contributed by atoms with E-state index in [4.69, 9.17) is 0 Å². The number of allylic oxidation sites excluding steroid dienone is 2. The number of hydrogen-bond donors (Lipinski definition) is 1. The minimum Gasteiger partial charge on any atom is -0.279 e. The minimum absolute atomic E-state index is 0.0891. The summed E-state index contributed by atoms with van der Waals surface area (Å²) in [5.41, 5.74) is 4.69. The predicted molar refractivity (Wildman–Crippen MR) is 79.3 cm³/mol. The number of rotatable bonds is 2. The average molecular weight is 288 g/mol. The van der Waals surface area contributed by atoms with Gasteiger partial charge in [-0.25, -0.2) is 8.42 Å². The maximum Gasteiger partial charge on any atom is 0.159 e. The zero-order chi connectivity index (χ0) is 13.7. The Morgan fingerprint density at radius 3 is 2.65 bits per heavy atom. The summed E-state index contributed by atoms with van der Waals surface area (Å²) in [5, 5.41) is 4.18. The van der Waals surface area contributed by atoms with Crippen molar-refractivity contribution in [2.24, 2.45) is 22.9 Å². The highest BCUT2D eigenvalue weighted by molar-refractivity contribution is 7.93. The van der Waals surface area contributed by atoms with E-state index in [2.05, 4.69) is 22.7 Å². The van der Waals surface area contributed by atoms with Crippen LogP contribution in [0.25, 0.3) is 0 Å². The molecule has 5 heteroatoms. The molecule has 4 atom stereocenters. The van der Waals surface area contributed by atoms with E-state index in [0.29, 0.717) is 5.92 Å². The summed E-state index contributed by atoms with van der Waals surface area (Å²) in [6, 6.07) is 9.64. The van der Waals surface area contributed by atoms with Crippen LogP contribution in [0.15, 0.2) is 47.6 Å². The summed E-state index contributed by atoms with van der Waals surface area (Å²) < 4.78 is 24.6. The van der Waals surface area contributed by atoms with Crippen LogP contribution in [0.5, 0.6) is 0 Å². The first-order chi connectivity index (χ1) is 9.65.